The van der Waals surface area contributed by atoms with E-state index in [9.17, 15) is 9.59 Å². The van der Waals surface area contributed by atoms with Crippen LogP contribution in [0, 0.1) is 5.92 Å². The van der Waals surface area contributed by atoms with E-state index in [4.69, 9.17) is 4.74 Å². The molecule has 1 saturated carbocycles. The van der Waals surface area contributed by atoms with E-state index in [-0.39, 0.29) is 17.4 Å². The fourth-order valence-corrected chi connectivity index (χ4v) is 4.79. The lowest BCUT2D eigenvalue weighted by atomic mass is 9.83. The molecule has 0 unspecified atom stereocenters. The number of rotatable bonds is 7. The molecule has 1 saturated heterocycles. The molecule has 2 fully saturated rings. The van der Waals surface area contributed by atoms with Gasteiger partial charge in [-0.05, 0) is 79.3 Å². The minimum atomic E-state index is -0.632. The second-order valence-corrected chi connectivity index (χ2v) is 11.0. The minimum Gasteiger partial charge on any atom is -0.444 e. The van der Waals surface area contributed by atoms with Crippen molar-refractivity contribution >= 4 is 17.8 Å². The molecule has 180 valence electrons. The highest BCUT2D eigenvalue weighted by Gasteiger charge is 2.33. The van der Waals surface area contributed by atoms with Crippen molar-refractivity contribution in [2.45, 2.75) is 96.7 Å². The summed E-state index contributed by atoms with van der Waals surface area (Å²) in [6.07, 6.45) is 10.8. The monoisotopic (exact) mass is 447 g/mol. The van der Waals surface area contributed by atoms with Gasteiger partial charge in [0.25, 0.3) is 0 Å². The van der Waals surface area contributed by atoms with Crippen LogP contribution in [0.2, 0.25) is 0 Å². The lowest BCUT2D eigenvalue weighted by Gasteiger charge is -2.31. The molecule has 2 heterocycles. The Morgan fingerprint density at radius 3 is 2.38 bits per heavy atom. The van der Waals surface area contributed by atoms with E-state index in [2.05, 4.69) is 38.9 Å². The first kappa shape index (κ1) is 24.6. The van der Waals surface area contributed by atoms with Gasteiger partial charge in [-0.3, -0.25) is 4.79 Å². The Bertz CT molecular complexity index is 771. The molecule has 1 aromatic rings. The second kappa shape index (κ2) is 10.2. The van der Waals surface area contributed by atoms with Gasteiger partial charge in [0.15, 0.2) is 5.82 Å². The van der Waals surface area contributed by atoms with Gasteiger partial charge >= 0.3 is 6.09 Å². The van der Waals surface area contributed by atoms with Crippen molar-refractivity contribution < 1.29 is 14.3 Å². The van der Waals surface area contributed by atoms with Gasteiger partial charge in [-0.1, -0.05) is 19.3 Å². The van der Waals surface area contributed by atoms with E-state index in [1.54, 1.807) is 6.33 Å². The Morgan fingerprint density at radius 1 is 1.09 bits per heavy atom. The van der Waals surface area contributed by atoms with Crippen molar-refractivity contribution in [1.29, 1.82) is 0 Å². The number of carbonyl (C=O) groups excluding carboxylic acids is 2. The second-order valence-electron chi connectivity index (χ2n) is 11.0. The number of ether oxygens (including phenoxy) is 1. The molecule has 1 aromatic heterocycles. The molecule has 8 nitrogen and oxygen atoms in total. The van der Waals surface area contributed by atoms with E-state index < -0.39 is 17.7 Å². The maximum absolute atomic E-state index is 13.2. The van der Waals surface area contributed by atoms with Crippen LogP contribution in [0.25, 0.3) is 0 Å². The van der Waals surface area contributed by atoms with Gasteiger partial charge in [0, 0.05) is 12.7 Å². The first-order valence-corrected chi connectivity index (χ1v) is 12.1. The van der Waals surface area contributed by atoms with Gasteiger partial charge in [0.05, 0.1) is 11.9 Å². The Hall–Kier alpha value is -2.09. The van der Waals surface area contributed by atoms with Crippen LogP contribution in [0.4, 0.5) is 10.6 Å². The van der Waals surface area contributed by atoms with Crippen LogP contribution < -0.4 is 10.6 Å². The number of alkyl carbamates (subject to hydrolysis) is 1. The van der Waals surface area contributed by atoms with Crippen molar-refractivity contribution in [2.75, 3.05) is 25.0 Å². The zero-order valence-corrected chi connectivity index (χ0v) is 20.4. The van der Waals surface area contributed by atoms with Crippen molar-refractivity contribution in [3.05, 3.63) is 12.5 Å². The number of aromatic nitrogens is 2. The molecule has 1 aliphatic heterocycles. The highest BCUT2D eigenvalue weighted by atomic mass is 16.6. The summed E-state index contributed by atoms with van der Waals surface area (Å²) >= 11 is 0. The molecule has 0 radical (unpaired) electrons. The minimum absolute atomic E-state index is 0.102. The highest BCUT2D eigenvalue weighted by molar-refractivity contribution is 5.96. The van der Waals surface area contributed by atoms with Gasteiger partial charge in [-0.25, -0.2) is 9.78 Å². The van der Waals surface area contributed by atoms with Crippen molar-refractivity contribution in [1.82, 2.24) is 19.8 Å². The predicted octanol–water partition coefficient (Wildman–Crippen LogP) is 4.13. The Kier molecular flexibility index (Phi) is 7.85. The molecule has 1 aliphatic carbocycles. The number of hydrogen-bond donors (Lipinski definition) is 2. The van der Waals surface area contributed by atoms with Gasteiger partial charge in [0.1, 0.15) is 11.6 Å². The van der Waals surface area contributed by atoms with Crippen LogP contribution >= 0.6 is 0 Å². The van der Waals surface area contributed by atoms with Gasteiger partial charge in [-0.15, -0.1) is 0 Å². The van der Waals surface area contributed by atoms with E-state index in [1.807, 2.05) is 27.0 Å². The molecule has 2 N–H and O–H groups in total. The summed E-state index contributed by atoms with van der Waals surface area (Å²) < 4.78 is 7.48. The first-order valence-electron chi connectivity index (χ1n) is 12.1. The fraction of sp³-hybridized carbons (Fsp3) is 0.792. The zero-order chi connectivity index (χ0) is 23.4. The number of amides is 2. The summed E-state index contributed by atoms with van der Waals surface area (Å²) in [7, 11) is 0. The predicted molar refractivity (Wildman–Crippen MR) is 126 cm³/mol. The largest absolute Gasteiger partial charge is 0.444 e. The normalized spacial score (nSPS) is 19.5. The molecule has 8 heteroatoms. The van der Waals surface area contributed by atoms with Gasteiger partial charge < -0.3 is 24.8 Å². The summed E-state index contributed by atoms with van der Waals surface area (Å²) in [6.45, 7) is 13.1. The third kappa shape index (κ3) is 6.95. The number of imidazole rings is 1. The highest BCUT2D eigenvalue weighted by Crippen LogP contribution is 2.28. The number of nitrogens with one attached hydrogen (secondary N) is 2. The molecule has 2 aliphatic rings. The number of anilines is 1. The number of nitrogens with zero attached hydrogens (tertiary/aromatic N) is 3. The van der Waals surface area contributed by atoms with Crippen LogP contribution in [0.1, 0.15) is 79.6 Å². The van der Waals surface area contributed by atoms with Gasteiger partial charge in [-0.2, -0.15) is 0 Å². The standard InChI is InChI=1S/C24H41N5O3/c1-23(2,3)32-22(31)27-20(18-11-7-6-8-12-18)21(30)26-19-15-29(17-25-19)24(4,5)16-28-13-9-10-14-28/h15,17-18,20H,6-14,16H2,1-5H3,(H,26,30)(H,27,31)/t20-/m0/s1. The Labute approximate surface area is 192 Å². The summed E-state index contributed by atoms with van der Waals surface area (Å²) in [6, 6.07) is -0.632. The summed E-state index contributed by atoms with van der Waals surface area (Å²) in [5.41, 5.74) is -0.741. The molecule has 0 bridgehead atoms. The number of likely N-dealkylation sites (tertiary alicyclic amines) is 1. The zero-order valence-electron chi connectivity index (χ0n) is 20.4. The maximum Gasteiger partial charge on any atom is 0.408 e. The molecular weight excluding hydrogens is 406 g/mol. The smallest absolute Gasteiger partial charge is 0.408 e. The summed E-state index contributed by atoms with van der Waals surface area (Å²) in [4.78, 5) is 32.5. The Morgan fingerprint density at radius 2 is 1.75 bits per heavy atom. The Balaban J connectivity index is 1.66. The van der Waals surface area contributed by atoms with E-state index in [0.29, 0.717) is 5.82 Å². The molecule has 3 rings (SSSR count). The third-order valence-corrected chi connectivity index (χ3v) is 6.42. The quantitative estimate of drug-likeness (QED) is 0.656. The van der Waals surface area contributed by atoms with Gasteiger partial charge in [0.2, 0.25) is 5.91 Å². The van der Waals surface area contributed by atoms with Crippen molar-refractivity contribution in [2.24, 2.45) is 5.92 Å². The van der Waals surface area contributed by atoms with Crippen LogP contribution in [-0.4, -0.2) is 57.7 Å². The van der Waals surface area contributed by atoms with Crippen molar-refractivity contribution in [3.8, 4) is 0 Å². The van der Waals surface area contributed by atoms with E-state index >= 15 is 0 Å². The molecule has 1 atom stereocenters. The summed E-state index contributed by atoms with van der Waals surface area (Å²) in [5, 5.41) is 5.77. The van der Waals surface area contributed by atoms with Crippen LogP contribution in [-0.2, 0) is 15.1 Å². The van der Waals surface area contributed by atoms with E-state index in [1.165, 1.54) is 19.3 Å². The van der Waals surface area contributed by atoms with Crippen LogP contribution in [0.5, 0.6) is 0 Å². The third-order valence-electron chi connectivity index (χ3n) is 6.42. The molecule has 0 aromatic carbocycles. The molecule has 32 heavy (non-hydrogen) atoms. The number of hydrogen-bond acceptors (Lipinski definition) is 5. The lowest BCUT2D eigenvalue weighted by Crippen LogP contribution is -2.50. The molecular formula is C24H41N5O3. The summed E-state index contributed by atoms with van der Waals surface area (Å²) in [5.74, 6) is 0.381. The van der Waals surface area contributed by atoms with Crippen molar-refractivity contribution in [3.63, 3.8) is 0 Å². The van der Waals surface area contributed by atoms with Crippen LogP contribution in [0.15, 0.2) is 12.5 Å². The lowest BCUT2D eigenvalue weighted by molar-refractivity contribution is -0.119. The average Bonchev–Trinajstić information content (AvgIpc) is 3.37. The fourth-order valence-electron chi connectivity index (χ4n) is 4.79. The first-order chi connectivity index (χ1) is 15.0. The number of carbonyl (C=O) groups is 2. The SMILES string of the molecule is CC(C)(C)OC(=O)N[C@H](C(=O)Nc1cn(C(C)(C)CN2CCCC2)cn1)C1CCCCC1. The molecule has 2 amide bonds. The van der Waals surface area contributed by atoms with E-state index in [0.717, 1.165) is 45.3 Å². The topological polar surface area (TPSA) is 88.5 Å². The molecule has 0 spiro atoms. The maximum atomic E-state index is 13.2. The average molecular weight is 448 g/mol. The van der Waals surface area contributed by atoms with Crippen LogP contribution in [0.3, 0.4) is 0 Å².